The predicted octanol–water partition coefficient (Wildman–Crippen LogP) is 3.15. The van der Waals surface area contributed by atoms with Gasteiger partial charge in [0, 0.05) is 34.9 Å². The van der Waals surface area contributed by atoms with Crippen molar-refractivity contribution in [2.24, 2.45) is 5.73 Å². The second-order valence-corrected chi connectivity index (χ2v) is 7.28. The summed E-state index contributed by atoms with van der Waals surface area (Å²) in [5, 5.41) is 0. The molecule has 5 heteroatoms. The molecule has 2 N–H and O–H groups in total. The van der Waals surface area contributed by atoms with E-state index in [4.69, 9.17) is 18.0 Å². The topological polar surface area (TPSA) is 32.5 Å². The first-order valence-electron chi connectivity index (χ1n) is 7.74. The summed E-state index contributed by atoms with van der Waals surface area (Å²) in [4.78, 5) is 5.58. The van der Waals surface area contributed by atoms with Gasteiger partial charge in [-0.2, -0.15) is 0 Å². The summed E-state index contributed by atoms with van der Waals surface area (Å²) in [5.74, 6) is 0. The van der Waals surface area contributed by atoms with Gasteiger partial charge in [0.1, 0.15) is 4.99 Å². The first-order chi connectivity index (χ1) is 10.2. The molecule has 2 saturated heterocycles. The van der Waals surface area contributed by atoms with E-state index in [0.717, 1.165) is 23.1 Å². The van der Waals surface area contributed by atoms with Crippen LogP contribution in [0.4, 0.5) is 5.69 Å². The third-order valence-electron chi connectivity index (χ3n) is 4.65. The van der Waals surface area contributed by atoms with Crippen LogP contribution in [0, 0.1) is 0 Å². The van der Waals surface area contributed by atoms with Crippen molar-refractivity contribution in [1.82, 2.24) is 4.90 Å². The molecule has 3 rings (SSSR count). The molecule has 21 heavy (non-hydrogen) atoms. The van der Waals surface area contributed by atoms with E-state index in [0.29, 0.717) is 11.0 Å². The number of nitrogens with zero attached hydrogens (tertiary/aromatic N) is 2. The van der Waals surface area contributed by atoms with Gasteiger partial charge in [-0.3, -0.25) is 4.90 Å². The molecule has 2 heterocycles. The van der Waals surface area contributed by atoms with Crippen molar-refractivity contribution in [1.29, 1.82) is 0 Å². The van der Waals surface area contributed by atoms with Crippen LogP contribution in [-0.2, 0) is 0 Å². The van der Waals surface area contributed by atoms with E-state index in [1.807, 2.05) is 6.07 Å². The van der Waals surface area contributed by atoms with E-state index in [-0.39, 0.29) is 0 Å². The monoisotopic (exact) mass is 367 g/mol. The standard InChI is InChI=1S/C16H22BrN3S/c17-13-5-4-6-14(15(13)16(18)21)20-10-7-12(11-20)19-8-2-1-3-9-19/h4-6,12H,1-3,7-11H2,(H2,18,21). The number of halogens is 1. The molecule has 0 bridgehead atoms. The zero-order valence-corrected chi connectivity index (χ0v) is 14.6. The summed E-state index contributed by atoms with van der Waals surface area (Å²) in [5.41, 5.74) is 8.08. The summed E-state index contributed by atoms with van der Waals surface area (Å²) in [6.45, 7) is 4.71. The minimum atomic E-state index is 0.471. The maximum atomic E-state index is 5.92. The summed E-state index contributed by atoms with van der Waals surface area (Å²) in [7, 11) is 0. The van der Waals surface area contributed by atoms with Crippen LogP contribution in [0.15, 0.2) is 22.7 Å². The normalized spacial score (nSPS) is 23.5. The lowest BCUT2D eigenvalue weighted by atomic mass is 10.1. The molecule has 0 saturated carbocycles. The van der Waals surface area contributed by atoms with E-state index in [1.54, 1.807) is 0 Å². The number of likely N-dealkylation sites (tertiary alicyclic amines) is 1. The lowest BCUT2D eigenvalue weighted by Gasteiger charge is -2.32. The Balaban J connectivity index is 1.77. The molecule has 1 aromatic rings. The lowest BCUT2D eigenvalue weighted by molar-refractivity contribution is 0.175. The van der Waals surface area contributed by atoms with Crippen molar-refractivity contribution in [2.45, 2.75) is 31.7 Å². The van der Waals surface area contributed by atoms with E-state index < -0.39 is 0 Å². The molecular formula is C16H22BrN3S. The van der Waals surface area contributed by atoms with Crippen molar-refractivity contribution >= 4 is 38.8 Å². The number of rotatable bonds is 3. The Bertz CT molecular complexity index is 528. The molecule has 2 fully saturated rings. The van der Waals surface area contributed by atoms with Gasteiger partial charge in [0.2, 0.25) is 0 Å². The largest absolute Gasteiger partial charge is 0.389 e. The Morgan fingerprint density at radius 3 is 2.67 bits per heavy atom. The van der Waals surface area contributed by atoms with Gasteiger partial charge in [0.05, 0.1) is 0 Å². The third-order valence-corrected chi connectivity index (χ3v) is 5.51. The highest BCUT2D eigenvalue weighted by atomic mass is 79.9. The molecule has 114 valence electrons. The Morgan fingerprint density at radius 1 is 1.19 bits per heavy atom. The summed E-state index contributed by atoms with van der Waals surface area (Å²) < 4.78 is 0.994. The minimum Gasteiger partial charge on any atom is -0.389 e. The minimum absolute atomic E-state index is 0.471. The molecular weight excluding hydrogens is 346 g/mol. The molecule has 0 aromatic heterocycles. The molecule has 1 atom stereocenters. The highest BCUT2D eigenvalue weighted by Gasteiger charge is 2.30. The Labute approximate surface area is 140 Å². The van der Waals surface area contributed by atoms with E-state index in [9.17, 15) is 0 Å². The fourth-order valence-electron chi connectivity index (χ4n) is 3.56. The number of anilines is 1. The Kier molecular flexibility index (Phi) is 4.82. The Morgan fingerprint density at radius 2 is 1.95 bits per heavy atom. The average molecular weight is 368 g/mol. The Hall–Kier alpha value is -0.650. The number of hydrogen-bond donors (Lipinski definition) is 1. The van der Waals surface area contributed by atoms with Gasteiger partial charge in [-0.25, -0.2) is 0 Å². The van der Waals surface area contributed by atoms with Crippen LogP contribution in [0.1, 0.15) is 31.2 Å². The fourth-order valence-corrected chi connectivity index (χ4v) is 4.48. The molecule has 2 aliphatic heterocycles. The van der Waals surface area contributed by atoms with Crippen molar-refractivity contribution < 1.29 is 0 Å². The molecule has 3 nitrogen and oxygen atoms in total. The van der Waals surface area contributed by atoms with Gasteiger partial charge in [-0.1, -0.05) is 24.7 Å². The number of piperidine rings is 1. The van der Waals surface area contributed by atoms with Gasteiger partial charge in [-0.15, -0.1) is 0 Å². The van der Waals surface area contributed by atoms with Crippen LogP contribution in [-0.4, -0.2) is 42.1 Å². The van der Waals surface area contributed by atoms with Crippen LogP contribution in [0.5, 0.6) is 0 Å². The molecule has 1 unspecified atom stereocenters. The number of hydrogen-bond acceptors (Lipinski definition) is 3. The van der Waals surface area contributed by atoms with Crippen LogP contribution in [0.3, 0.4) is 0 Å². The second-order valence-electron chi connectivity index (χ2n) is 5.98. The smallest absolute Gasteiger partial charge is 0.107 e. The first kappa shape index (κ1) is 15.3. The van der Waals surface area contributed by atoms with Crippen molar-refractivity contribution in [3.8, 4) is 0 Å². The quantitative estimate of drug-likeness (QED) is 0.831. The maximum absolute atomic E-state index is 5.92. The van der Waals surface area contributed by atoms with Gasteiger partial charge in [0.25, 0.3) is 0 Å². The van der Waals surface area contributed by atoms with Crippen molar-refractivity contribution in [3.05, 3.63) is 28.2 Å². The summed E-state index contributed by atoms with van der Waals surface area (Å²) in [6.07, 6.45) is 5.34. The number of nitrogens with two attached hydrogens (primary N) is 1. The van der Waals surface area contributed by atoms with Crippen molar-refractivity contribution in [3.63, 3.8) is 0 Å². The summed E-state index contributed by atoms with van der Waals surface area (Å²) >= 11 is 8.82. The van der Waals surface area contributed by atoms with Gasteiger partial charge < -0.3 is 10.6 Å². The second kappa shape index (κ2) is 6.63. The number of thiocarbonyl (C=S) groups is 1. The molecule has 0 radical (unpaired) electrons. The van der Waals surface area contributed by atoms with Crippen LogP contribution in [0.25, 0.3) is 0 Å². The maximum Gasteiger partial charge on any atom is 0.107 e. The molecule has 0 amide bonds. The van der Waals surface area contributed by atoms with Gasteiger partial charge >= 0.3 is 0 Å². The summed E-state index contributed by atoms with van der Waals surface area (Å²) in [6, 6.07) is 6.90. The molecule has 2 aliphatic rings. The van der Waals surface area contributed by atoms with Crippen LogP contribution < -0.4 is 10.6 Å². The van der Waals surface area contributed by atoms with Crippen LogP contribution >= 0.6 is 28.1 Å². The average Bonchev–Trinajstić information content (AvgIpc) is 2.97. The zero-order chi connectivity index (χ0) is 14.8. The number of benzene rings is 1. The van der Waals surface area contributed by atoms with Gasteiger partial charge in [-0.05, 0) is 60.4 Å². The van der Waals surface area contributed by atoms with Gasteiger partial charge in [0.15, 0.2) is 0 Å². The molecule has 0 spiro atoms. The van der Waals surface area contributed by atoms with Crippen molar-refractivity contribution in [2.75, 3.05) is 31.1 Å². The SMILES string of the molecule is NC(=S)c1c(Br)cccc1N1CCC(N2CCCCC2)C1. The molecule has 1 aromatic carbocycles. The lowest BCUT2D eigenvalue weighted by Crippen LogP contribution is -2.41. The predicted molar refractivity (Wildman–Crippen MR) is 96.1 cm³/mol. The fraction of sp³-hybridized carbons (Fsp3) is 0.562. The molecule has 0 aliphatic carbocycles. The first-order valence-corrected chi connectivity index (χ1v) is 8.94. The highest BCUT2D eigenvalue weighted by molar-refractivity contribution is 9.10. The third kappa shape index (κ3) is 3.25. The van der Waals surface area contributed by atoms with Crippen LogP contribution in [0.2, 0.25) is 0 Å². The zero-order valence-electron chi connectivity index (χ0n) is 12.2. The highest BCUT2D eigenvalue weighted by Crippen LogP contribution is 2.31. The van der Waals surface area contributed by atoms with E-state index >= 15 is 0 Å². The van der Waals surface area contributed by atoms with E-state index in [1.165, 1.54) is 44.5 Å². The van der Waals surface area contributed by atoms with E-state index in [2.05, 4.69) is 37.9 Å².